The van der Waals surface area contributed by atoms with Gasteiger partial charge in [0.25, 0.3) is 0 Å². The van der Waals surface area contributed by atoms with E-state index in [4.69, 9.17) is 5.11 Å². The zero-order chi connectivity index (χ0) is 26.3. The van der Waals surface area contributed by atoms with Gasteiger partial charge in [0, 0.05) is 39.8 Å². The van der Waals surface area contributed by atoms with Crippen molar-refractivity contribution < 1.29 is 31.9 Å². The van der Waals surface area contributed by atoms with Crippen LogP contribution in [0.1, 0.15) is 54.6 Å². The van der Waals surface area contributed by atoms with E-state index >= 15 is 8.78 Å². The fourth-order valence-electron chi connectivity index (χ4n) is 7.26. The van der Waals surface area contributed by atoms with E-state index < -0.39 is 47.2 Å². The van der Waals surface area contributed by atoms with Gasteiger partial charge in [-0.25, -0.2) is 13.6 Å². The molecule has 0 unspecified atom stereocenters. The minimum absolute atomic E-state index is 0.0494. The molecule has 37 heavy (non-hydrogen) atoms. The van der Waals surface area contributed by atoms with E-state index in [0.29, 0.717) is 25.0 Å². The molecule has 0 spiro atoms. The number of rotatable bonds is 4. The Morgan fingerprint density at radius 3 is 2.43 bits per heavy atom. The second kappa shape index (κ2) is 8.15. The molecule has 3 saturated carbocycles. The summed E-state index contributed by atoms with van der Waals surface area (Å²) in [5.74, 6) is -4.87. The Kier molecular flexibility index (Phi) is 5.32. The third kappa shape index (κ3) is 3.69. The van der Waals surface area contributed by atoms with Crippen LogP contribution in [0, 0.1) is 23.5 Å². The predicted molar refractivity (Wildman–Crippen MR) is 128 cm³/mol. The number of aromatic nitrogens is 1. The highest BCUT2D eigenvalue weighted by Gasteiger charge is 2.67. The molecule has 2 aromatic carbocycles. The number of alkyl halides is 3. The molecule has 7 rings (SSSR count). The summed E-state index contributed by atoms with van der Waals surface area (Å²) in [6, 6.07) is 8.49. The predicted octanol–water partition coefficient (Wildman–Crippen LogP) is 6.61. The summed E-state index contributed by atoms with van der Waals surface area (Å²) in [6.45, 7) is 1.92. The highest BCUT2D eigenvalue weighted by atomic mass is 19.4. The van der Waals surface area contributed by atoms with Crippen molar-refractivity contribution in [1.82, 2.24) is 9.88 Å². The number of halogens is 5. The molecule has 1 aromatic heterocycles. The number of nitrogens with one attached hydrogen (secondary N) is 1. The number of aliphatic carboxylic acids is 1. The molecule has 4 nitrogen and oxygen atoms in total. The fraction of sp³-hybridized carbons (Fsp3) is 0.393. The van der Waals surface area contributed by atoms with Crippen LogP contribution in [-0.4, -0.2) is 38.7 Å². The number of carboxylic acid groups (broad SMARTS) is 1. The summed E-state index contributed by atoms with van der Waals surface area (Å²) < 4.78 is 72.8. The summed E-state index contributed by atoms with van der Waals surface area (Å²) in [7, 11) is 0. The molecule has 2 bridgehead atoms. The molecule has 2 N–H and O–H groups in total. The average molecular weight is 517 g/mol. The van der Waals surface area contributed by atoms with Gasteiger partial charge in [-0.1, -0.05) is 18.2 Å². The largest absolute Gasteiger partial charge is 0.478 e. The summed E-state index contributed by atoms with van der Waals surface area (Å²) in [4.78, 5) is 16.1. The van der Waals surface area contributed by atoms with Gasteiger partial charge in [0.15, 0.2) is 0 Å². The highest BCUT2D eigenvalue weighted by molar-refractivity contribution is 5.86. The normalized spacial score (nSPS) is 29.6. The molecule has 3 aliphatic carbocycles. The quantitative estimate of drug-likeness (QED) is 0.303. The summed E-state index contributed by atoms with van der Waals surface area (Å²) in [6.07, 6.45) is -1.26. The van der Waals surface area contributed by atoms with Crippen molar-refractivity contribution in [3.8, 4) is 0 Å². The number of aromatic amines is 1. The van der Waals surface area contributed by atoms with Gasteiger partial charge in [-0.2, -0.15) is 13.2 Å². The summed E-state index contributed by atoms with van der Waals surface area (Å²) >= 11 is 0. The van der Waals surface area contributed by atoms with Crippen LogP contribution < -0.4 is 0 Å². The Balaban J connectivity index is 1.52. The van der Waals surface area contributed by atoms with E-state index in [2.05, 4.69) is 4.98 Å². The molecule has 2 heterocycles. The Morgan fingerprint density at radius 2 is 1.81 bits per heavy atom. The number of fused-ring (bicyclic) bond motifs is 4. The van der Waals surface area contributed by atoms with Crippen molar-refractivity contribution >= 4 is 22.9 Å². The van der Waals surface area contributed by atoms with Gasteiger partial charge in [0.05, 0.1) is 12.0 Å². The van der Waals surface area contributed by atoms with Gasteiger partial charge in [0.2, 0.25) is 0 Å². The van der Waals surface area contributed by atoms with Gasteiger partial charge in [0.1, 0.15) is 11.6 Å². The minimum atomic E-state index is -4.31. The number of H-pyrrole nitrogens is 1. The number of hydrogen-bond donors (Lipinski definition) is 2. The maximum Gasteiger partial charge on any atom is 0.392 e. The zero-order valence-corrected chi connectivity index (χ0v) is 19.9. The monoisotopic (exact) mass is 516 g/mol. The van der Waals surface area contributed by atoms with Crippen LogP contribution >= 0.6 is 0 Å². The van der Waals surface area contributed by atoms with Gasteiger partial charge in [-0.05, 0) is 73.9 Å². The van der Waals surface area contributed by atoms with E-state index in [1.54, 1.807) is 0 Å². The highest BCUT2D eigenvalue weighted by Crippen LogP contribution is 2.65. The van der Waals surface area contributed by atoms with Crippen molar-refractivity contribution in [3.05, 3.63) is 76.5 Å². The Bertz CT molecular complexity index is 1410. The third-order valence-electron chi connectivity index (χ3n) is 8.59. The van der Waals surface area contributed by atoms with Crippen molar-refractivity contribution in [2.24, 2.45) is 11.8 Å². The Labute approximate surface area is 209 Å². The van der Waals surface area contributed by atoms with Crippen LogP contribution in [0.4, 0.5) is 22.0 Å². The Hall–Kier alpha value is -3.20. The van der Waals surface area contributed by atoms with Gasteiger partial charge in [-0.15, -0.1) is 0 Å². The number of hydrogen-bond acceptors (Lipinski definition) is 2. The van der Waals surface area contributed by atoms with Gasteiger partial charge < -0.3 is 10.1 Å². The number of carbonyl (C=O) groups is 1. The lowest BCUT2D eigenvalue weighted by molar-refractivity contribution is -0.180. The van der Waals surface area contributed by atoms with E-state index in [1.165, 1.54) is 0 Å². The van der Waals surface area contributed by atoms with Crippen LogP contribution in [0.25, 0.3) is 17.0 Å². The lowest BCUT2D eigenvalue weighted by Crippen LogP contribution is -2.59. The van der Waals surface area contributed by atoms with Crippen molar-refractivity contribution in [2.75, 3.05) is 0 Å². The average Bonchev–Trinajstić information content (AvgIpc) is 3.47. The number of benzene rings is 2. The van der Waals surface area contributed by atoms with E-state index in [1.807, 2.05) is 36.1 Å². The summed E-state index contributed by atoms with van der Waals surface area (Å²) in [5, 5.41) is 9.81. The molecule has 1 aliphatic heterocycles. The molecule has 194 valence electrons. The van der Waals surface area contributed by atoms with Crippen molar-refractivity contribution in [3.63, 3.8) is 0 Å². The van der Waals surface area contributed by atoms with Gasteiger partial charge >= 0.3 is 12.1 Å². The van der Waals surface area contributed by atoms with Crippen molar-refractivity contribution in [2.45, 2.75) is 56.4 Å². The lowest BCUT2D eigenvalue weighted by atomic mass is 9.71. The second-order valence-corrected chi connectivity index (χ2v) is 10.7. The second-order valence-electron chi connectivity index (χ2n) is 10.7. The molecule has 0 amide bonds. The minimum Gasteiger partial charge on any atom is -0.478 e. The van der Waals surface area contributed by atoms with E-state index in [-0.39, 0.29) is 23.6 Å². The molecule has 0 radical (unpaired) electrons. The fourth-order valence-corrected chi connectivity index (χ4v) is 7.26. The molecule has 3 fully saturated rings. The molecule has 3 atom stereocenters. The third-order valence-corrected chi connectivity index (χ3v) is 8.59. The van der Waals surface area contributed by atoms with Crippen molar-refractivity contribution in [1.29, 1.82) is 0 Å². The Morgan fingerprint density at radius 1 is 1.14 bits per heavy atom. The number of para-hydroxylation sites is 1. The smallest absolute Gasteiger partial charge is 0.392 e. The number of carboxylic acids is 1. The first-order chi connectivity index (χ1) is 17.5. The number of nitrogens with zero attached hydrogens (tertiary/aromatic N) is 1. The van der Waals surface area contributed by atoms with Crippen LogP contribution in [0.2, 0.25) is 0 Å². The molecular formula is C28H25F5N2O2. The van der Waals surface area contributed by atoms with Crippen LogP contribution in [0.3, 0.4) is 0 Å². The lowest BCUT2D eigenvalue weighted by Gasteiger charge is -2.55. The molecule has 0 saturated heterocycles. The topological polar surface area (TPSA) is 56.3 Å². The van der Waals surface area contributed by atoms with Crippen LogP contribution in [0.15, 0.2) is 42.5 Å². The first-order valence-electron chi connectivity index (χ1n) is 12.3. The molecular weight excluding hydrogens is 491 g/mol. The van der Waals surface area contributed by atoms with Crippen LogP contribution in [0.5, 0.6) is 0 Å². The summed E-state index contributed by atoms with van der Waals surface area (Å²) in [5.41, 5.74) is 1.32. The molecule has 9 heteroatoms. The standard InChI is InChI=1S/C28H25F5N2O2/c1-14-8-18-17-4-2-3-5-22(17)34-25(18)26(24-20(29)9-15(10-21(24)30)6-7-23(36)37)35(14)27-11-16(12-27)19(13-27)28(31,32)33/h2-7,9-10,14,16,19,26,34H,8,11-13H2,1H3,(H,36,37)/b7-6+/t14-,16?,19+,26-,27?/m1/s1. The first-order valence-corrected chi connectivity index (χ1v) is 12.3. The van der Waals surface area contributed by atoms with E-state index in [0.717, 1.165) is 40.8 Å². The SMILES string of the molecule is C[C@@H]1Cc2c([nH]c3ccccc23)[C@@H](c2c(F)cc(/C=C/C(=O)O)cc2F)N1C12CC(C1)[C@@H](C(F)(F)F)C2. The molecule has 4 aliphatic rings. The maximum absolute atomic E-state index is 15.7. The van der Waals surface area contributed by atoms with Gasteiger partial charge in [-0.3, -0.25) is 4.90 Å². The first kappa shape index (κ1) is 24.2. The zero-order valence-electron chi connectivity index (χ0n) is 19.9. The maximum atomic E-state index is 15.7. The van der Waals surface area contributed by atoms with Crippen LogP contribution in [-0.2, 0) is 11.2 Å². The van der Waals surface area contributed by atoms with E-state index in [9.17, 15) is 18.0 Å². The molecule has 3 aromatic rings.